The molecule has 0 saturated carbocycles. The fourth-order valence-corrected chi connectivity index (χ4v) is 2.68. The lowest BCUT2D eigenvalue weighted by Crippen LogP contribution is -2.48. The number of carboxylic acid groups (broad SMARTS) is 2. The predicted molar refractivity (Wildman–Crippen MR) is 101 cm³/mol. The molecule has 26 heavy (non-hydrogen) atoms. The molecule has 0 aromatic carbocycles. The normalized spacial score (nSPS) is 19.6. The van der Waals surface area contributed by atoms with Gasteiger partial charge in [0, 0.05) is 0 Å². The van der Waals surface area contributed by atoms with Crippen LogP contribution < -0.4 is 5.32 Å². The number of allylic oxidation sites excluding steroid dienone is 5. The molecule has 0 saturated heterocycles. The monoisotopic (exact) mass is 365 g/mol. The van der Waals surface area contributed by atoms with E-state index in [0.717, 1.165) is 0 Å². The molecule has 146 valence electrons. The molecule has 6 nitrogen and oxygen atoms in total. The SMILES string of the molecule is CC(C)C[C@H](N[C@@H](CC1C=CC=C(OC(C)(C)C)C=C1)C(=O)O)C(=O)O. The zero-order chi connectivity index (χ0) is 19.9. The number of rotatable bonds is 9. The minimum absolute atomic E-state index is 0.130. The van der Waals surface area contributed by atoms with Gasteiger partial charge in [0.2, 0.25) is 0 Å². The highest BCUT2D eigenvalue weighted by atomic mass is 16.5. The quantitative estimate of drug-likeness (QED) is 0.580. The molecule has 0 bridgehead atoms. The summed E-state index contributed by atoms with van der Waals surface area (Å²) in [5.74, 6) is -1.35. The van der Waals surface area contributed by atoms with Crippen LogP contribution in [0, 0.1) is 11.8 Å². The van der Waals surface area contributed by atoms with Crippen LogP contribution in [-0.4, -0.2) is 39.8 Å². The molecule has 0 spiro atoms. The summed E-state index contributed by atoms with van der Waals surface area (Å²) in [5.41, 5.74) is -0.319. The first-order valence-corrected chi connectivity index (χ1v) is 8.95. The summed E-state index contributed by atoms with van der Waals surface area (Å²) in [7, 11) is 0. The van der Waals surface area contributed by atoms with E-state index in [1.54, 1.807) is 0 Å². The summed E-state index contributed by atoms with van der Waals surface area (Å²) in [6, 6.07) is -1.83. The van der Waals surface area contributed by atoms with Gasteiger partial charge < -0.3 is 14.9 Å². The Morgan fingerprint density at radius 1 is 1.15 bits per heavy atom. The standard InChI is InChI=1S/C20H31NO5/c1-13(2)11-16(18(22)23)21-17(19(24)25)12-14-7-6-8-15(10-9-14)26-20(3,4)5/h6-10,13-14,16-17,21H,11-12H2,1-5H3,(H,22,23)(H,24,25)/t14?,16-,17-/m0/s1. The summed E-state index contributed by atoms with van der Waals surface area (Å²) < 4.78 is 5.81. The van der Waals surface area contributed by atoms with Gasteiger partial charge in [0.15, 0.2) is 0 Å². The van der Waals surface area contributed by atoms with Gasteiger partial charge in [-0.1, -0.05) is 32.1 Å². The Morgan fingerprint density at radius 2 is 1.77 bits per heavy atom. The topological polar surface area (TPSA) is 95.9 Å². The average molecular weight is 365 g/mol. The lowest BCUT2D eigenvalue weighted by Gasteiger charge is -2.23. The van der Waals surface area contributed by atoms with Gasteiger partial charge in [-0.25, -0.2) is 0 Å². The number of hydrogen-bond acceptors (Lipinski definition) is 4. The molecule has 1 aliphatic carbocycles. The molecule has 1 unspecified atom stereocenters. The Bertz CT molecular complexity index is 583. The number of ether oxygens (including phenoxy) is 1. The third kappa shape index (κ3) is 8.34. The van der Waals surface area contributed by atoms with Gasteiger partial charge in [-0.2, -0.15) is 0 Å². The Hall–Kier alpha value is -2.08. The third-order valence-electron chi connectivity index (χ3n) is 3.76. The van der Waals surface area contributed by atoms with E-state index in [-0.39, 0.29) is 23.9 Å². The van der Waals surface area contributed by atoms with Crippen LogP contribution >= 0.6 is 0 Å². The van der Waals surface area contributed by atoms with E-state index in [2.05, 4.69) is 5.32 Å². The van der Waals surface area contributed by atoms with E-state index in [1.165, 1.54) is 0 Å². The van der Waals surface area contributed by atoms with Gasteiger partial charge >= 0.3 is 11.9 Å². The van der Waals surface area contributed by atoms with Crippen molar-refractivity contribution in [3.8, 4) is 0 Å². The Balaban J connectivity index is 2.78. The first-order chi connectivity index (χ1) is 12.0. The highest BCUT2D eigenvalue weighted by Crippen LogP contribution is 2.21. The average Bonchev–Trinajstić information content (AvgIpc) is 2.68. The Morgan fingerprint density at radius 3 is 2.27 bits per heavy atom. The van der Waals surface area contributed by atoms with Crippen molar-refractivity contribution in [2.45, 2.75) is 65.1 Å². The second kappa shape index (κ2) is 9.57. The van der Waals surface area contributed by atoms with Crippen LogP contribution in [0.15, 0.2) is 36.1 Å². The highest BCUT2D eigenvalue weighted by Gasteiger charge is 2.28. The molecular formula is C20H31NO5. The maximum atomic E-state index is 11.6. The smallest absolute Gasteiger partial charge is 0.320 e. The molecule has 0 aliphatic heterocycles. The van der Waals surface area contributed by atoms with E-state index >= 15 is 0 Å². The van der Waals surface area contributed by atoms with Crippen LogP contribution in [0.4, 0.5) is 0 Å². The maximum Gasteiger partial charge on any atom is 0.320 e. The molecule has 0 aromatic heterocycles. The molecule has 3 N–H and O–H groups in total. The van der Waals surface area contributed by atoms with Crippen LogP contribution in [0.1, 0.15) is 47.5 Å². The summed E-state index contributed by atoms with van der Waals surface area (Å²) >= 11 is 0. The van der Waals surface area contributed by atoms with E-state index in [4.69, 9.17) is 4.74 Å². The zero-order valence-electron chi connectivity index (χ0n) is 16.2. The number of carbonyl (C=O) groups is 2. The van der Waals surface area contributed by atoms with Crippen LogP contribution in [0.3, 0.4) is 0 Å². The second-order valence-electron chi connectivity index (χ2n) is 8.00. The van der Waals surface area contributed by atoms with Crippen LogP contribution in [-0.2, 0) is 14.3 Å². The van der Waals surface area contributed by atoms with Crippen LogP contribution in [0.2, 0.25) is 0 Å². The molecule has 0 aromatic rings. The third-order valence-corrected chi connectivity index (χ3v) is 3.76. The van der Waals surface area contributed by atoms with Gasteiger partial charge in [0.1, 0.15) is 23.4 Å². The number of aliphatic carboxylic acids is 2. The van der Waals surface area contributed by atoms with Gasteiger partial charge in [-0.3, -0.25) is 14.9 Å². The summed E-state index contributed by atoms with van der Waals surface area (Å²) in [4.78, 5) is 23.0. The Kier molecular flexibility index (Phi) is 8.08. The summed E-state index contributed by atoms with van der Waals surface area (Å²) in [6.45, 7) is 9.69. The van der Waals surface area contributed by atoms with E-state index < -0.39 is 24.0 Å². The van der Waals surface area contributed by atoms with Crippen molar-refractivity contribution in [3.63, 3.8) is 0 Å². The molecule has 0 amide bonds. The van der Waals surface area contributed by atoms with Gasteiger partial charge in [0.05, 0.1) is 0 Å². The minimum atomic E-state index is -1.05. The van der Waals surface area contributed by atoms with E-state index in [9.17, 15) is 19.8 Å². The molecular weight excluding hydrogens is 334 g/mol. The molecule has 3 atom stereocenters. The summed E-state index contributed by atoms with van der Waals surface area (Å²) in [5, 5.41) is 21.6. The van der Waals surface area contributed by atoms with Crippen molar-refractivity contribution >= 4 is 11.9 Å². The van der Waals surface area contributed by atoms with E-state index in [1.807, 2.05) is 65.0 Å². The molecule has 1 aliphatic rings. The first-order valence-electron chi connectivity index (χ1n) is 8.95. The predicted octanol–water partition coefficient (Wildman–Crippen LogP) is 3.36. The van der Waals surface area contributed by atoms with Gasteiger partial charge in [-0.15, -0.1) is 0 Å². The van der Waals surface area contributed by atoms with Crippen molar-refractivity contribution in [2.75, 3.05) is 0 Å². The fraction of sp³-hybridized carbons (Fsp3) is 0.600. The largest absolute Gasteiger partial charge is 0.488 e. The first kappa shape index (κ1) is 22.0. The number of nitrogens with one attached hydrogen (secondary N) is 1. The minimum Gasteiger partial charge on any atom is -0.488 e. The van der Waals surface area contributed by atoms with Crippen LogP contribution in [0.5, 0.6) is 0 Å². The summed E-state index contributed by atoms with van der Waals surface area (Å²) in [6.07, 6.45) is 9.93. The van der Waals surface area contributed by atoms with Crippen molar-refractivity contribution in [1.82, 2.24) is 5.32 Å². The van der Waals surface area contributed by atoms with Crippen molar-refractivity contribution < 1.29 is 24.5 Å². The highest BCUT2D eigenvalue weighted by molar-refractivity contribution is 5.77. The van der Waals surface area contributed by atoms with Gasteiger partial charge in [-0.05, 0) is 57.6 Å². The van der Waals surface area contributed by atoms with Crippen molar-refractivity contribution in [1.29, 1.82) is 0 Å². The number of carboxylic acids is 2. The van der Waals surface area contributed by atoms with Crippen molar-refractivity contribution in [3.05, 3.63) is 36.1 Å². The fourth-order valence-electron chi connectivity index (χ4n) is 2.68. The lowest BCUT2D eigenvalue weighted by atomic mass is 9.97. The molecule has 1 rings (SSSR count). The number of hydrogen-bond donors (Lipinski definition) is 3. The Labute approximate surface area is 155 Å². The maximum absolute atomic E-state index is 11.6. The molecule has 0 fully saturated rings. The van der Waals surface area contributed by atoms with Crippen LogP contribution in [0.25, 0.3) is 0 Å². The lowest BCUT2D eigenvalue weighted by molar-refractivity contribution is -0.143. The molecule has 0 heterocycles. The van der Waals surface area contributed by atoms with Crippen molar-refractivity contribution in [2.24, 2.45) is 11.8 Å². The second-order valence-corrected chi connectivity index (χ2v) is 8.00. The van der Waals surface area contributed by atoms with E-state index in [0.29, 0.717) is 12.2 Å². The van der Waals surface area contributed by atoms with Gasteiger partial charge in [0.25, 0.3) is 0 Å². The zero-order valence-corrected chi connectivity index (χ0v) is 16.2. The molecule has 0 radical (unpaired) electrons. The molecule has 6 heteroatoms.